The van der Waals surface area contributed by atoms with Gasteiger partial charge in [0, 0.05) is 0 Å². The Morgan fingerprint density at radius 3 is 2.78 bits per heavy atom. The summed E-state index contributed by atoms with van der Waals surface area (Å²) in [5, 5.41) is 9.81. The molecule has 5 heteroatoms. The Morgan fingerprint density at radius 1 is 1.22 bits per heavy atom. The molecule has 90 valence electrons. The number of para-hydroxylation sites is 2. The molecule has 0 saturated carbocycles. The van der Waals surface area contributed by atoms with E-state index in [9.17, 15) is 9.50 Å². The first kappa shape index (κ1) is 11.0. The predicted molar refractivity (Wildman–Crippen MR) is 68.2 cm³/mol. The van der Waals surface area contributed by atoms with Gasteiger partial charge in [0.1, 0.15) is 17.4 Å². The number of imidazole rings is 1. The summed E-state index contributed by atoms with van der Waals surface area (Å²) in [6.07, 6.45) is 0. The van der Waals surface area contributed by atoms with Crippen molar-refractivity contribution in [2.45, 2.75) is 0 Å². The Bertz CT molecular complexity index is 706. The number of rotatable bonds is 1. The smallest absolute Gasteiger partial charge is 0.145 e. The van der Waals surface area contributed by atoms with Crippen molar-refractivity contribution in [2.24, 2.45) is 0 Å². The second kappa shape index (κ2) is 3.99. The first-order chi connectivity index (χ1) is 8.65. The molecule has 2 aromatic carbocycles. The van der Waals surface area contributed by atoms with Crippen LogP contribution in [0.15, 0.2) is 36.4 Å². The lowest BCUT2D eigenvalue weighted by Gasteiger charge is -2.03. The van der Waals surface area contributed by atoms with Crippen molar-refractivity contribution < 1.29 is 9.50 Å². The lowest BCUT2D eigenvalue weighted by Crippen LogP contribution is -1.85. The standard InChI is InChI=1S/C13H8ClFN2O/c14-9-6-7(15)5-8(12(9)18)13-16-10-3-1-2-4-11(10)17-13/h1-6,18H,(H,16,17). The summed E-state index contributed by atoms with van der Waals surface area (Å²) in [5.74, 6) is -0.319. The van der Waals surface area contributed by atoms with E-state index < -0.39 is 5.82 Å². The third-order valence-corrected chi connectivity index (χ3v) is 2.96. The molecule has 0 spiro atoms. The first-order valence-corrected chi connectivity index (χ1v) is 5.66. The van der Waals surface area contributed by atoms with Gasteiger partial charge in [0.25, 0.3) is 0 Å². The molecule has 3 rings (SSSR count). The predicted octanol–water partition coefficient (Wildman–Crippen LogP) is 3.73. The van der Waals surface area contributed by atoms with E-state index in [-0.39, 0.29) is 16.3 Å². The van der Waals surface area contributed by atoms with E-state index in [1.54, 1.807) is 0 Å². The summed E-state index contributed by atoms with van der Waals surface area (Å²) >= 11 is 5.74. The number of aromatic nitrogens is 2. The highest BCUT2D eigenvalue weighted by molar-refractivity contribution is 6.32. The first-order valence-electron chi connectivity index (χ1n) is 5.28. The fourth-order valence-corrected chi connectivity index (χ4v) is 2.03. The number of aromatic amines is 1. The Hall–Kier alpha value is -2.07. The van der Waals surface area contributed by atoms with Crippen molar-refractivity contribution >= 4 is 22.6 Å². The fraction of sp³-hybridized carbons (Fsp3) is 0. The zero-order chi connectivity index (χ0) is 12.7. The molecule has 0 amide bonds. The largest absolute Gasteiger partial charge is 0.506 e. The summed E-state index contributed by atoms with van der Waals surface area (Å²) in [7, 11) is 0. The Balaban J connectivity index is 2.26. The zero-order valence-electron chi connectivity index (χ0n) is 9.11. The van der Waals surface area contributed by atoms with E-state index >= 15 is 0 Å². The maximum absolute atomic E-state index is 13.3. The molecule has 0 aliphatic heterocycles. The van der Waals surface area contributed by atoms with Crippen molar-refractivity contribution in [3.63, 3.8) is 0 Å². The highest BCUT2D eigenvalue weighted by Gasteiger charge is 2.14. The minimum Gasteiger partial charge on any atom is -0.506 e. The Labute approximate surface area is 107 Å². The molecule has 1 aromatic heterocycles. The van der Waals surface area contributed by atoms with Gasteiger partial charge in [-0.05, 0) is 24.3 Å². The van der Waals surface area contributed by atoms with E-state index in [0.717, 1.165) is 17.1 Å². The molecule has 1 heterocycles. The number of fused-ring (bicyclic) bond motifs is 1. The van der Waals surface area contributed by atoms with Crippen LogP contribution in [0.1, 0.15) is 0 Å². The van der Waals surface area contributed by atoms with Gasteiger partial charge in [-0.1, -0.05) is 23.7 Å². The molecule has 2 N–H and O–H groups in total. The number of hydrogen-bond donors (Lipinski definition) is 2. The van der Waals surface area contributed by atoms with Gasteiger partial charge >= 0.3 is 0 Å². The summed E-state index contributed by atoms with van der Waals surface area (Å²) < 4.78 is 13.3. The third kappa shape index (κ3) is 1.71. The van der Waals surface area contributed by atoms with Gasteiger partial charge in [0.05, 0.1) is 21.6 Å². The maximum atomic E-state index is 13.3. The van der Waals surface area contributed by atoms with E-state index in [0.29, 0.717) is 5.82 Å². The maximum Gasteiger partial charge on any atom is 0.145 e. The number of nitrogens with zero attached hydrogens (tertiary/aromatic N) is 1. The van der Waals surface area contributed by atoms with Gasteiger partial charge in [-0.3, -0.25) is 0 Å². The second-order valence-electron chi connectivity index (χ2n) is 3.89. The molecule has 0 atom stereocenters. The molecule has 3 aromatic rings. The highest BCUT2D eigenvalue weighted by Crippen LogP contribution is 2.35. The van der Waals surface area contributed by atoms with Crippen LogP contribution in [-0.2, 0) is 0 Å². The molecule has 0 radical (unpaired) electrons. The quantitative estimate of drug-likeness (QED) is 0.702. The number of benzene rings is 2. The van der Waals surface area contributed by atoms with Crippen molar-refractivity contribution in [1.29, 1.82) is 0 Å². The molecule has 0 fully saturated rings. The third-order valence-electron chi connectivity index (χ3n) is 2.67. The van der Waals surface area contributed by atoms with Gasteiger partial charge in [0.2, 0.25) is 0 Å². The summed E-state index contributed by atoms with van der Waals surface area (Å²) in [4.78, 5) is 7.30. The molecular formula is C13H8ClFN2O. The van der Waals surface area contributed by atoms with Crippen LogP contribution in [0.4, 0.5) is 4.39 Å². The number of hydrogen-bond acceptors (Lipinski definition) is 2. The summed E-state index contributed by atoms with van der Waals surface area (Å²) in [6.45, 7) is 0. The Morgan fingerprint density at radius 2 is 2.00 bits per heavy atom. The van der Waals surface area contributed by atoms with Crippen LogP contribution >= 0.6 is 11.6 Å². The van der Waals surface area contributed by atoms with Crippen LogP contribution in [0.25, 0.3) is 22.4 Å². The monoisotopic (exact) mass is 262 g/mol. The summed E-state index contributed by atoms with van der Waals surface area (Å²) in [5.41, 5.74) is 1.80. The van der Waals surface area contributed by atoms with Crippen LogP contribution in [0.3, 0.4) is 0 Å². The molecule has 0 saturated heterocycles. The Kier molecular flexibility index (Phi) is 2.45. The second-order valence-corrected chi connectivity index (χ2v) is 4.29. The van der Waals surface area contributed by atoms with Crippen LogP contribution in [0.2, 0.25) is 5.02 Å². The average molecular weight is 263 g/mol. The lowest BCUT2D eigenvalue weighted by molar-refractivity contribution is 0.475. The van der Waals surface area contributed by atoms with Gasteiger partial charge in [-0.2, -0.15) is 0 Å². The van der Waals surface area contributed by atoms with E-state index in [4.69, 9.17) is 11.6 Å². The molecule has 3 nitrogen and oxygen atoms in total. The van der Waals surface area contributed by atoms with E-state index in [2.05, 4.69) is 9.97 Å². The molecule has 0 aliphatic rings. The number of aromatic hydroxyl groups is 1. The van der Waals surface area contributed by atoms with Gasteiger partial charge < -0.3 is 10.1 Å². The number of H-pyrrole nitrogens is 1. The fourth-order valence-electron chi connectivity index (χ4n) is 1.83. The molecule has 0 aliphatic carbocycles. The molecular weight excluding hydrogens is 255 g/mol. The number of nitrogens with one attached hydrogen (secondary N) is 1. The van der Waals surface area contributed by atoms with E-state index in [1.165, 1.54) is 6.07 Å². The minimum atomic E-state index is -0.520. The van der Waals surface area contributed by atoms with E-state index in [1.807, 2.05) is 24.3 Å². The van der Waals surface area contributed by atoms with Crippen LogP contribution in [0, 0.1) is 5.82 Å². The number of phenols is 1. The normalized spacial score (nSPS) is 11.0. The van der Waals surface area contributed by atoms with Crippen LogP contribution in [0.5, 0.6) is 5.75 Å². The van der Waals surface area contributed by atoms with Crippen molar-refractivity contribution in [3.05, 3.63) is 47.2 Å². The zero-order valence-corrected chi connectivity index (χ0v) is 9.87. The molecule has 0 bridgehead atoms. The van der Waals surface area contributed by atoms with Crippen molar-refractivity contribution in [3.8, 4) is 17.1 Å². The van der Waals surface area contributed by atoms with Gasteiger partial charge in [-0.15, -0.1) is 0 Å². The van der Waals surface area contributed by atoms with Gasteiger partial charge in [-0.25, -0.2) is 9.37 Å². The van der Waals surface area contributed by atoms with Crippen LogP contribution in [-0.4, -0.2) is 15.1 Å². The van der Waals surface area contributed by atoms with Crippen molar-refractivity contribution in [2.75, 3.05) is 0 Å². The lowest BCUT2D eigenvalue weighted by atomic mass is 10.2. The highest BCUT2D eigenvalue weighted by atomic mass is 35.5. The van der Waals surface area contributed by atoms with Crippen molar-refractivity contribution in [1.82, 2.24) is 9.97 Å². The summed E-state index contributed by atoms with van der Waals surface area (Å²) in [6, 6.07) is 9.65. The van der Waals surface area contributed by atoms with Crippen LogP contribution < -0.4 is 0 Å². The molecule has 0 unspecified atom stereocenters. The average Bonchev–Trinajstić information content (AvgIpc) is 2.77. The minimum absolute atomic E-state index is 0.0366. The van der Waals surface area contributed by atoms with Gasteiger partial charge in [0.15, 0.2) is 0 Å². The number of halogens is 2. The molecule has 18 heavy (non-hydrogen) atoms. The number of phenolic OH excluding ortho intramolecular Hbond substituents is 1. The topological polar surface area (TPSA) is 48.9 Å². The SMILES string of the molecule is Oc1c(Cl)cc(F)cc1-c1nc2ccccc2[nH]1.